The first-order valence-electron chi connectivity index (χ1n) is 5.20. The minimum atomic E-state index is -2.78. The molecular weight excluding hydrogens is 200 g/mol. The lowest BCUT2D eigenvalue weighted by Gasteiger charge is -2.23. The summed E-state index contributed by atoms with van der Waals surface area (Å²) in [4.78, 5) is 0. The lowest BCUT2D eigenvalue weighted by Crippen LogP contribution is -2.43. The van der Waals surface area contributed by atoms with Gasteiger partial charge in [0, 0.05) is 18.8 Å². The van der Waals surface area contributed by atoms with Crippen molar-refractivity contribution in [1.29, 1.82) is 0 Å². The van der Waals surface area contributed by atoms with Gasteiger partial charge in [0.05, 0.1) is 5.75 Å². The maximum atomic E-state index is 10.8. The first-order valence-corrected chi connectivity index (χ1v) is 7.26. The van der Waals surface area contributed by atoms with Gasteiger partial charge in [0.2, 0.25) is 0 Å². The highest BCUT2D eigenvalue weighted by molar-refractivity contribution is 7.90. The van der Waals surface area contributed by atoms with Crippen LogP contribution in [0.15, 0.2) is 0 Å². The number of nitrogens with one attached hydrogen (secondary N) is 2. The van der Waals surface area contributed by atoms with E-state index in [1.54, 1.807) is 0 Å². The van der Waals surface area contributed by atoms with E-state index in [0.717, 1.165) is 26.1 Å². The molecular formula is C9H20N2O2S. The summed E-state index contributed by atoms with van der Waals surface area (Å²) in [6.07, 6.45) is 4.42. The predicted octanol–water partition coefficient (Wildman–Crippen LogP) is -0.237. The van der Waals surface area contributed by atoms with Crippen LogP contribution in [0.2, 0.25) is 0 Å². The molecule has 0 aliphatic carbocycles. The topological polar surface area (TPSA) is 58.2 Å². The maximum absolute atomic E-state index is 10.8. The fraction of sp³-hybridized carbons (Fsp3) is 1.00. The molecule has 0 bridgehead atoms. The predicted molar refractivity (Wildman–Crippen MR) is 58.2 cm³/mol. The van der Waals surface area contributed by atoms with Gasteiger partial charge in [-0.25, -0.2) is 8.42 Å². The van der Waals surface area contributed by atoms with Crippen LogP contribution in [-0.2, 0) is 9.84 Å². The van der Waals surface area contributed by atoms with Crippen LogP contribution in [0.4, 0.5) is 0 Å². The Bertz CT molecular complexity index is 246. The number of rotatable bonds is 5. The molecule has 1 aliphatic rings. The molecule has 14 heavy (non-hydrogen) atoms. The van der Waals surface area contributed by atoms with Gasteiger partial charge in [0.15, 0.2) is 0 Å². The molecule has 0 saturated carbocycles. The smallest absolute Gasteiger partial charge is 0.147 e. The van der Waals surface area contributed by atoms with E-state index in [1.807, 2.05) is 0 Å². The summed E-state index contributed by atoms with van der Waals surface area (Å²) in [5.74, 6) is 0.292. The first-order chi connectivity index (χ1) is 6.58. The van der Waals surface area contributed by atoms with Crippen LogP contribution in [0.25, 0.3) is 0 Å². The van der Waals surface area contributed by atoms with E-state index < -0.39 is 9.84 Å². The number of hydrogen-bond acceptors (Lipinski definition) is 4. The highest BCUT2D eigenvalue weighted by Gasteiger charge is 2.11. The van der Waals surface area contributed by atoms with E-state index in [1.165, 1.54) is 19.1 Å². The number of sulfone groups is 1. The number of piperidine rings is 1. The van der Waals surface area contributed by atoms with Crippen LogP contribution < -0.4 is 10.6 Å². The molecule has 0 radical (unpaired) electrons. The minimum absolute atomic E-state index is 0.292. The van der Waals surface area contributed by atoms with Crippen molar-refractivity contribution < 1.29 is 8.42 Å². The largest absolute Gasteiger partial charge is 0.315 e. The van der Waals surface area contributed by atoms with E-state index in [0.29, 0.717) is 11.8 Å². The molecule has 0 aromatic rings. The van der Waals surface area contributed by atoms with E-state index in [2.05, 4.69) is 10.6 Å². The summed E-state index contributed by atoms with van der Waals surface area (Å²) in [6, 6.07) is 0.531. The van der Waals surface area contributed by atoms with E-state index in [4.69, 9.17) is 0 Å². The molecule has 5 heteroatoms. The Morgan fingerprint density at radius 2 is 2.29 bits per heavy atom. The molecule has 0 aromatic carbocycles. The number of hydrogen-bond donors (Lipinski definition) is 2. The van der Waals surface area contributed by atoms with Crippen LogP contribution in [0.1, 0.15) is 19.3 Å². The van der Waals surface area contributed by atoms with Gasteiger partial charge in [-0.2, -0.15) is 0 Å². The van der Waals surface area contributed by atoms with Crippen molar-refractivity contribution >= 4 is 9.84 Å². The van der Waals surface area contributed by atoms with Gasteiger partial charge in [-0.3, -0.25) is 0 Å². The maximum Gasteiger partial charge on any atom is 0.147 e. The Morgan fingerprint density at radius 3 is 2.86 bits per heavy atom. The lowest BCUT2D eigenvalue weighted by atomic mass is 10.1. The molecule has 4 nitrogen and oxygen atoms in total. The van der Waals surface area contributed by atoms with Gasteiger partial charge in [-0.1, -0.05) is 0 Å². The normalized spacial score (nSPS) is 23.6. The molecule has 84 valence electrons. The molecule has 1 atom stereocenters. The summed E-state index contributed by atoms with van der Waals surface area (Å²) in [5, 5.41) is 6.68. The van der Waals surface area contributed by atoms with Crippen molar-refractivity contribution in [3.8, 4) is 0 Å². The first kappa shape index (κ1) is 11.9. The highest BCUT2D eigenvalue weighted by Crippen LogP contribution is 2.00. The summed E-state index contributed by atoms with van der Waals surface area (Å²) < 4.78 is 21.7. The van der Waals surface area contributed by atoms with Crippen LogP contribution >= 0.6 is 0 Å². The van der Waals surface area contributed by atoms with Gasteiger partial charge >= 0.3 is 0 Å². The second kappa shape index (κ2) is 5.68. The fourth-order valence-electron chi connectivity index (χ4n) is 1.67. The standard InChI is InChI=1S/C9H20N2O2S/c1-14(12,13)7-3-6-11-9-4-2-5-10-8-9/h9-11H,2-8H2,1H3. The van der Waals surface area contributed by atoms with Crippen LogP contribution in [0.5, 0.6) is 0 Å². The average Bonchev–Trinajstić information content (AvgIpc) is 2.13. The zero-order chi connectivity index (χ0) is 10.4. The molecule has 0 aromatic heterocycles. The third-order valence-corrected chi connectivity index (χ3v) is 3.45. The third kappa shape index (κ3) is 5.57. The van der Waals surface area contributed by atoms with Crippen molar-refractivity contribution in [3.05, 3.63) is 0 Å². The summed E-state index contributed by atoms with van der Waals surface area (Å²) in [6.45, 7) is 2.93. The van der Waals surface area contributed by atoms with Crippen LogP contribution in [0.3, 0.4) is 0 Å². The molecule has 0 spiro atoms. The fourth-order valence-corrected chi connectivity index (χ4v) is 2.34. The molecule has 1 aliphatic heterocycles. The summed E-state index contributed by atoms with van der Waals surface area (Å²) in [5.41, 5.74) is 0. The Labute approximate surface area is 86.4 Å². The molecule has 1 rings (SSSR count). The van der Waals surface area contributed by atoms with Crippen LogP contribution in [0, 0.1) is 0 Å². The highest BCUT2D eigenvalue weighted by atomic mass is 32.2. The van der Waals surface area contributed by atoms with E-state index in [9.17, 15) is 8.42 Å². The van der Waals surface area contributed by atoms with Crippen molar-refractivity contribution in [1.82, 2.24) is 10.6 Å². The van der Waals surface area contributed by atoms with E-state index in [-0.39, 0.29) is 0 Å². The van der Waals surface area contributed by atoms with Crippen LogP contribution in [-0.4, -0.2) is 46.1 Å². The average molecular weight is 220 g/mol. The SMILES string of the molecule is CS(=O)(=O)CCCNC1CCCNC1. The molecule has 0 amide bonds. The second-order valence-corrected chi connectivity index (χ2v) is 6.24. The monoisotopic (exact) mass is 220 g/mol. The second-order valence-electron chi connectivity index (χ2n) is 3.98. The molecule has 1 unspecified atom stereocenters. The molecule has 1 heterocycles. The Kier molecular flexibility index (Phi) is 4.84. The van der Waals surface area contributed by atoms with Crippen molar-refractivity contribution in [2.75, 3.05) is 31.6 Å². The summed E-state index contributed by atoms with van der Waals surface area (Å²) in [7, 11) is -2.78. The summed E-state index contributed by atoms with van der Waals surface area (Å²) >= 11 is 0. The molecule has 2 N–H and O–H groups in total. The lowest BCUT2D eigenvalue weighted by molar-refractivity contribution is 0.391. The van der Waals surface area contributed by atoms with Gasteiger partial charge in [-0.05, 0) is 32.4 Å². The minimum Gasteiger partial charge on any atom is -0.315 e. The van der Waals surface area contributed by atoms with Gasteiger partial charge in [0.25, 0.3) is 0 Å². The van der Waals surface area contributed by atoms with Gasteiger partial charge in [0.1, 0.15) is 9.84 Å². The van der Waals surface area contributed by atoms with Crippen molar-refractivity contribution in [2.24, 2.45) is 0 Å². The van der Waals surface area contributed by atoms with Gasteiger partial charge in [-0.15, -0.1) is 0 Å². The Balaban J connectivity index is 2.03. The molecule has 1 fully saturated rings. The zero-order valence-corrected chi connectivity index (χ0v) is 9.57. The van der Waals surface area contributed by atoms with Crippen molar-refractivity contribution in [2.45, 2.75) is 25.3 Å². The van der Waals surface area contributed by atoms with E-state index >= 15 is 0 Å². The zero-order valence-electron chi connectivity index (χ0n) is 8.75. The van der Waals surface area contributed by atoms with Gasteiger partial charge < -0.3 is 10.6 Å². The molecule has 1 saturated heterocycles. The van der Waals surface area contributed by atoms with Crippen molar-refractivity contribution in [3.63, 3.8) is 0 Å². The third-order valence-electron chi connectivity index (χ3n) is 2.42. The quantitative estimate of drug-likeness (QED) is 0.628. The Morgan fingerprint density at radius 1 is 1.50 bits per heavy atom. The Hall–Kier alpha value is -0.130.